The van der Waals surface area contributed by atoms with Gasteiger partial charge < -0.3 is 5.11 Å². The molecule has 0 saturated carbocycles. The Morgan fingerprint density at radius 1 is 1.38 bits per heavy atom. The van der Waals surface area contributed by atoms with Crippen LogP contribution in [-0.4, -0.2) is 5.11 Å². The Morgan fingerprint density at radius 2 is 2.23 bits per heavy atom. The maximum atomic E-state index is 9.37. The number of rotatable bonds is 1. The predicted molar refractivity (Wildman–Crippen MR) is 54.0 cm³/mol. The molecular weight excluding hydrogens is 160 g/mol. The summed E-state index contributed by atoms with van der Waals surface area (Å²) < 4.78 is 0. The van der Waals surface area contributed by atoms with Gasteiger partial charge in [0.25, 0.3) is 0 Å². The highest BCUT2D eigenvalue weighted by Crippen LogP contribution is 2.30. The van der Waals surface area contributed by atoms with E-state index in [1.54, 1.807) is 6.07 Å². The molecule has 1 aromatic rings. The zero-order chi connectivity index (χ0) is 9.26. The summed E-state index contributed by atoms with van der Waals surface area (Å²) in [4.78, 5) is 0. The number of aromatic hydroxyl groups is 1. The van der Waals surface area contributed by atoms with Crippen molar-refractivity contribution < 1.29 is 5.11 Å². The molecule has 0 fully saturated rings. The lowest BCUT2D eigenvalue weighted by atomic mass is 9.97. The number of hydrogen-bond donors (Lipinski definition) is 1. The van der Waals surface area contributed by atoms with Crippen LogP contribution in [0.25, 0.3) is 0 Å². The summed E-state index contributed by atoms with van der Waals surface area (Å²) in [7, 11) is 0. The van der Waals surface area contributed by atoms with Crippen molar-refractivity contribution in [2.45, 2.75) is 25.7 Å². The number of hydrogen-bond acceptors (Lipinski definition) is 1. The molecule has 1 aliphatic carbocycles. The van der Waals surface area contributed by atoms with E-state index < -0.39 is 0 Å². The fourth-order valence-corrected chi connectivity index (χ4v) is 1.82. The first-order chi connectivity index (χ1) is 6.27. The Morgan fingerprint density at radius 3 is 2.85 bits per heavy atom. The Balaban J connectivity index is 2.30. The van der Waals surface area contributed by atoms with Gasteiger partial charge in [0.05, 0.1) is 0 Å². The van der Waals surface area contributed by atoms with Crippen molar-refractivity contribution in [2.75, 3.05) is 0 Å². The fourth-order valence-electron chi connectivity index (χ4n) is 1.82. The summed E-state index contributed by atoms with van der Waals surface area (Å²) in [6.45, 7) is 1.94. The van der Waals surface area contributed by atoms with Crippen LogP contribution in [0, 0.1) is 6.92 Å². The van der Waals surface area contributed by atoms with Gasteiger partial charge in [-0.15, -0.1) is 0 Å². The molecule has 0 radical (unpaired) electrons. The van der Waals surface area contributed by atoms with Crippen LogP contribution in [0.5, 0.6) is 5.75 Å². The third-order valence-corrected chi connectivity index (χ3v) is 2.66. The molecule has 1 aromatic carbocycles. The summed E-state index contributed by atoms with van der Waals surface area (Å²) in [6, 6.07) is 5.88. The van der Waals surface area contributed by atoms with E-state index in [0.29, 0.717) is 11.7 Å². The monoisotopic (exact) mass is 174 g/mol. The summed E-state index contributed by atoms with van der Waals surface area (Å²) in [5, 5.41) is 9.37. The first-order valence-corrected chi connectivity index (χ1v) is 4.73. The summed E-state index contributed by atoms with van der Waals surface area (Å²) >= 11 is 0. The lowest BCUT2D eigenvalue weighted by Crippen LogP contribution is -1.91. The lowest BCUT2D eigenvalue weighted by Gasteiger charge is -2.09. The third-order valence-electron chi connectivity index (χ3n) is 2.66. The molecule has 1 unspecified atom stereocenters. The van der Waals surface area contributed by atoms with Gasteiger partial charge in [0, 0.05) is 5.92 Å². The van der Waals surface area contributed by atoms with Crippen molar-refractivity contribution in [1.29, 1.82) is 0 Å². The molecule has 1 nitrogen and oxygen atoms in total. The topological polar surface area (TPSA) is 20.2 Å². The Kier molecular flexibility index (Phi) is 2.09. The van der Waals surface area contributed by atoms with Crippen molar-refractivity contribution in [1.82, 2.24) is 0 Å². The Hall–Kier alpha value is -1.24. The molecule has 0 aliphatic heterocycles. The Bertz CT molecular complexity index is 339. The van der Waals surface area contributed by atoms with Crippen molar-refractivity contribution >= 4 is 0 Å². The molecule has 0 spiro atoms. The van der Waals surface area contributed by atoms with E-state index in [1.165, 1.54) is 18.4 Å². The quantitative estimate of drug-likeness (QED) is 0.648. The van der Waals surface area contributed by atoms with E-state index in [0.717, 1.165) is 5.56 Å². The number of aryl methyl sites for hydroxylation is 1. The lowest BCUT2D eigenvalue weighted by molar-refractivity contribution is 0.470. The van der Waals surface area contributed by atoms with Crippen molar-refractivity contribution in [2.24, 2.45) is 0 Å². The molecule has 0 bridgehead atoms. The standard InChI is InChI=1S/C12H14O/c1-9-8-11(6-7-12(9)13)10-4-2-3-5-10/h2,4,6-8,10,13H,3,5H2,1H3. The van der Waals surface area contributed by atoms with Crippen molar-refractivity contribution in [3.63, 3.8) is 0 Å². The molecule has 13 heavy (non-hydrogen) atoms. The van der Waals surface area contributed by atoms with Gasteiger partial charge in [0.15, 0.2) is 0 Å². The van der Waals surface area contributed by atoms with Gasteiger partial charge in [-0.1, -0.05) is 24.3 Å². The number of phenolic OH excluding ortho intramolecular Hbond substituents is 1. The van der Waals surface area contributed by atoms with Crippen molar-refractivity contribution in [3.8, 4) is 5.75 Å². The summed E-state index contributed by atoms with van der Waals surface area (Å²) in [5.74, 6) is 0.963. The molecule has 0 amide bonds. The molecule has 2 rings (SSSR count). The minimum Gasteiger partial charge on any atom is -0.508 e. The van der Waals surface area contributed by atoms with E-state index in [2.05, 4.69) is 18.2 Å². The number of phenols is 1. The van der Waals surface area contributed by atoms with Crippen LogP contribution in [0.2, 0.25) is 0 Å². The van der Waals surface area contributed by atoms with Crippen LogP contribution in [-0.2, 0) is 0 Å². The van der Waals surface area contributed by atoms with Crippen LogP contribution in [0.15, 0.2) is 30.4 Å². The van der Waals surface area contributed by atoms with Gasteiger partial charge in [-0.25, -0.2) is 0 Å². The van der Waals surface area contributed by atoms with Gasteiger partial charge in [0.1, 0.15) is 5.75 Å². The van der Waals surface area contributed by atoms with Crippen LogP contribution in [0.4, 0.5) is 0 Å². The smallest absolute Gasteiger partial charge is 0.118 e. The second-order valence-electron chi connectivity index (χ2n) is 3.66. The summed E-state index contributed by atoms with van der Waals surface area (Å²) in [5.41, 5.74) is 2.29. The summed E-state index contributed by atoms with van der Waals surface area (Å²) in [6.07, 6.45) is 6.88. The molecule has 1 heteroatoms. The zero-order valence-electron chi connectivity index (χ0n) is 7.83. The average Bonchev–Trinajstić information content (AvgIpc) is 2.62. The normalized spacial score (nSPS) is 20.8. The maximum absolute atomic E-state index is 9.37. The van der Waals surface area contributed by atoms with Crippen LogP contribution >= 0.6 is 0 Å². The van der Waals surface area contributed by atoms with Gasteiger partial charge in [-0.3, -0.25) is 0 Å². The number of allylic oxidation sites excluding steroid dienone is 2. The third kappa shape index (κ3) is 1.59. The van der Waals surface area contributed by atoms with E-state index in [1.807, 2.05) is 13.0 Å². The minimum absolute atomic E-state index is 0.394. The van der Waals surface area contributed by atoms with Gasteiger partial charge in [0.2, 0.25) is 0 Å². The highest BCUT2D eigenvalue weighted by atomic mass is 16.3. The van der Waals surface area contributed by atoms with Crippen LogP contribution in [0.1, 0.15) is 29.9 Å². The average molecular weight is 174 g/mol. The van der Waals surface area contributed by atoms with Gasteiger partial charge >= 0.3 is 0 Å². The molecule has 0 aromatic heterocycles. The van der Waals surface area contributed by atoms with Crippen LogP contribution in [0.3, 0.4) is 0 Å². The van der Waals surface area contributed by atoms with Crippen LogP contribution < -0.4 is 0 Å². The SMILES string of the molecule is Cc1cc(C2C=CCC2)ccc1O. The van der Waals surface area contributed by atoms with Gasteiger partial charge in [-0.2, -0.15) is 0 Å². The molecular formula is C12H14O. The molecule has 1 atom stereocenters. The maximum Gasteiger partial charge on any atom is 0.118 e. The first kappa shape index (κ1) is 8.36. The first-order valence-electron chi connectivity index (χ1n) is 4.73. The molecule has 0 saturated heterocycles. The second-order valence-corrected chi connectivity index (χ2v) is 3.66. The largest absolute Gasteiger partial charge is 0.508 e. The molecule has 68 valence electrons. The van der Waals surface area contributed by atoms with Crippen molar-refractivity contribution in [3.05, 3.63) is 41.5 Å². The highest BCUT2D eigenvalue weighted by Gasteiger charge is 2.12. The Labute approximate surface area is 78.7 Å². The predicted octanol–water partition coefficient (Wildman–Crippen LogP) is 3.13. The molecule has 0 heterocycles. The van der Waals surface area contributed by atoms with E-state index in [4.69, 9.17) is 0 Å². The van der Waals surface area contributed by atoms with Gasteiger partial charge in [-0.05, 0) is 37.0 Å². The highest BCUT2D eigenvalue weighted by molar-refractivity contribution is 5.38. The van der Waals surface area contributed by atoms with E-state index >= 15 is 0 Å². The minimum atomic E-state index is 0.394. The molecule has 1 aliphatic rings. The fraction of sp³-hybridized carbons (Fsp3) is 0.333. The van der Waals surface area contributed by atoms with E-state index in [9.17, 15) is 5.11 Å². The number of benzene rings is 1. The molecule has 1 N–H and O–H groups in total. The van der Waals surface area contributed by atoms with E-state index in [-0.39, 0.29) is 0 Å². The second kappa shape index (κ2) is 3.25. The zero-order valence-corrected chi connectivity index (χ0v) is 7.83.